The molecule has 0 spiro atoms. The van der Waals surface area contributed by atoms with Crippen molar-refractivity contribution in [1.29, 1.82) is 0 Å². The van der Waals surface area contributed by atoms with Crippen molar-refractivity contribution in [2.24, 2.45) is 0 Å². The molecular weight excluding hydrogens is 450 g/mol. The molecule has 10 heteroatoms. The number of rotatable bonds is 8. The van der Waals surface area contributed by atoms with E-state index in [1.54, 1.807) is 18.2 Å². The summed E-state index contributed by atoms with van der Waals surface area (Å²) in [6.07, 6.45) is 2.12. The van der Waals surface area contributed by atoms with Crippen LogP contribution in [0.3, 0.4) is 0 Å². The standard InChI is InChI=1S/C22H22ClN5O3S/c1-13(29)24-15-4-3-5-17(10-15)28-21(14-6-7-14)26-27-22(28)32-12-20(30)25-16-8-9-19(31-2)18(23)11-16/h3-5,8-11,14H,6-7,12H2,1-2H3,(H,24,29)(H,25,30). The summed E-state index contributed by atoms with van der Waals surface area (Å²) in [6.45, 7) is 1.47. The fourth-order valence-corrected chi connectivity index (χ4v) is 4.24. The van der Waals surface area contributed by atoms with Crippen LogP contribution in [0.4, 0.5) is 11.4 Å². The quantitative estimate of drug-likeness (QED) is 0.469. The molecule has 0 aliphatic heterocycles. The third-order valence-electron chi connectivity index (χ3n) is 4.79. The van der Waals surface area contributed by atoms with E-state index < -0.39 is 0 Å². The van der Waals surface area contributed by atoms with E-state index in [4.69, 9.17) is 16.3 Å². The molecule has 2 N–H and O–H groups in total. The minimum atomic E-state index is -0.189. The maximum atomic E-state index is 12.5. The predicted molar refractivity (Wildman–Crippen MR) is 125 cm³/mol. The molecular formula is C22H22ClN5O3S. The zero-order valence-electron chi connectivity index (χ0n) is 17.6. The van der Waals surface area contributed by atoms with E-state index in [2.05, 4.69) is 20.8 Å². The molecule has 0 atom stereocenters. The molecule has 0 bridgehead atoms. The number of amides is 2. The monoisotopic (exact) mass is 471 g/mol. The van der Waals surface area contributed by atoms with Crippen LogP contribution in [0.25, 0.3) is 5.69 Å². The fraction of sp³-hybridized carbons (Fsp3) is 0.273. The molecule has 1 aromatic heterocycles. The Kier molecular flexibility index (Phi) is 6.66. The van der Waals surface area contributed by atoms with Gasteiger partial charge in [0, 0.05) is 24.2 Å². The summed E-state index contributed by atoms with van der Waals surface area (Å²) in [5.74, 6) is 1.59. The van der Waals surface area contributed by atoms with Crippen molar-refractivity contribution in [1.82, 2.24) is 14.8 Å². The van der Waals surface area contributed by atoms with Gasteiger partial charge < -0.3 is 15.4 Å². The molecule has 1 saturated carbocycles. The molecule has 1 heterocycles. The Balaban J connectivity index is 1.50. The Bertz CT molecular complexity index is 1160. The van der Waals surface area contributed by atoms with Crippen molar-refractivity contribution in [3.63, 3.8) is 0 Å². The lowest BCUT2D eigenvalue weighted by atomic mass is 10.2. The van der Waals surface area contributed by atoms with Gasteiger partial charge in [-0.2, -0.15) is 0 Å². The van der Waals surface area contributed by atoms with E-state index >= 15 is 0 Å². The maximum absolute atomic E-state index is 12.5. The second-order valence-corrected chi connectivity index (χ2v) is 8.72. The first-order valence-corrected chi connectivity index (χ1v) is 11.4. The van der Waals surface area contributed by atoms with Crippen LogP contribution in [0.2, 0.25) is 5.02 Å². The number of carbonyl (C=O) groups excluding carboxylic acids is 2. The van der Waals surface area contributed by atoms with Crippen molar-refractivity contribution in [2.45, 2.75) is 30.8 Å². The Morgan fingerprint density at radius 1 is 1.16 bits per heavy atom. The van der Waals surface area contributed by atoms with Crippen molar-refractivity contribution in [2.75, 3.05) is 23.5 Å². The van der Waals surface area contributed by atoms with Gasteiger partial charge in [-0.15, -0.1) is 10.2 Å². The average molecular weight is 472 g/mol. The first kappa shape index (κ1) is 22.2. The van der Waals surface area contributed by atoms with Crippen LogP contribution < -0.4 is 15.4 Å². The molecule has 166 valence electrons. The largest absolute Gasteiger partial charge is 0.495 e. The number of nitrogens with one attached hydrogen (secondary N) is 2. The number of hydrogen-bond acceptors (Lipinski definition) is 6. The van der Waals surface area contributed by atoms with Crippen molar-refractivity contribution in [3.05, 3.63) is 53.3 Å². The van der Waals surface area contributed by atoms with Gasteiger partial charge >= 0.3 is 0 Å². The van der Waals surface area contributed by atoms with Gasteiger partial charge in [0.1, 0.15) is 11.6 Å². The summed E-state index contributed by atoms with van der Waals surface area (Å²) in [5, 5.41) is 15.4. The van der Waals surface area contributed by atoms with Crippen molar-refractivity contribution >= 4 is 46.6 Å². The number of aromatic nitrogens is 3. The molecule has 1 fully saturated rings. The number of ether oxygens (including phenoxy) is 1. The van der Waals surface area contributed by atoms with Crippen LogP contribution in [0.15, 0.2) is 47.6 Å². The molecule has 3 aromatic rings. The number of nitrogens with zero attached hydrogens (tertiary/aromatic N) is 3. The Morgan fingerprint density at radius 3 is 2.62 bits per heavy atom. The number of hydrogen-bond donors (Lipinski definition) is 2. The Hall–Kier alpha value is -3.04. The fourth-order valence-electron chi connectivity index (χ4n) is 3.22. The van der Waals surface area contributed by atoms with E-state index in [9.17, 15) is 9.59 Å². The highest BCUT2D eigenvalue weighted by molar-refractivity contribution is 7.99. The zero-order chi connectivity index (χ0) is 22.7. The molecule has 2 amide bonds. The molecule has 0 radical (unpaired) electrons. The van der Waals surface area contributed by atoms with E-state index in [0.29, 0.717) is 33.2 Å². The lowest BCUT2D eigenvalue weighted by molar-refractivity contribution is -0.114. The molecule has 8 nitrogen and oxygen atoms in total. The lowest BCUT2D eigenvalue weighted by Crippen LogP contribution is -2.14. The van der Waals surface area contributed by atoms with Gasteiger partial charge in [0.2, 0.25) is 11.8 Å². The van der Waals surface area contributed by atoms with Gasteiger partial charge in [0.25, 0.3) is 0 Å². The highest BCUT2D eigenvalue weighted by atomic mass is 35.5. The van der Waals surface area contributed by atoms with E-state index in [1.165, 1.54) is 25.8 Å². The minimum Gasteiger partial charge on any atom is -0.495 e. The third-order valence-corrected chi connectivity index (χ3v) is 6.02. The molecule has 32 heavy (non-hydrogen) atoms. The summed E-state index contributed by atoms with van der Waals surface area (Å²) in [5.41, 5.74) is 2.12. The molecule has 1 aliphatic rings. The van der Waals surface area contributed by atoms with Crippen LogP contribution >= 0.6 is 23.4 Å². The number of methoxy groups -OCH3 is 1. The number of carbonyl (C=O) groups is 2. The van der Waals surface area contributed by atoms with Crippen molar-refractivity contribution < 1.29 is 14.3 Å². The number of anilines is 2. The maximum Gasteiger partial charge on any atom is 0.234 e. The Morgan fingerprint density at radius 2 is 1.94 bits per heavy atom. The highest BCUT2D eigenvalue weighted by Gasteiger charge is 2.31. The summed E-state index contributed by atoms with van der Waals surface area (Å²) in [6, 6.07) is 12.6. The van der Waals surface area contributed by atoms with Crippen molar-refractivity contribution in [3.8, 4) is 11.4 Å². The zero-order valence-corrected chi connectivity index (χ0v) is 19.2. The van der Waals surface area contributed by atoms with Gasteiger partial charge in [-0.3, -0.25) is 14.2 Å². The summed E-state index contributed by atoms with van der Waals surface area (Å²) >= 11 is 7.43. The predicted octanol–water partition coefficient (Wildman–Crippen LogP) is 4.50. The topological polar surface area (TPSA) is 98.1 Å². The van der Waals surface area contributed by atoms with Crippen LogP contribution in [-0.2, 0) is 9.59 Å². The van der Waals surface area contributed by atoms with Gasteiger partial charge in [-0.1, -0.05) is 29.4 Å². The summed E-state index contributed by atoms with van der Waals surface area (Å²) < 4.78 is 7.10. The van der Waals surface area contributed by atoms with E-state index in [-0.39, 0.29) is 17.6 Å². The van der Waals surface area contributed by atoms with Crippen LogP contribution in [0, 0.1) is 0 Å². The second-order valence-electron chi connectivity index (χ2n) is 7.37. The number of thioether (sulfide) groups is 1. The molecule has 1 aliphatic carbocycles. The second kappa shape index (κ2) is 9.62. The average Bonchev–Trinajstić information content (AvgIpc) is 3.51. The van der Waals surface area contributed by atoms with Crippen LogP contribution in [-0.4, -0.2) is 39.4 Å². The van der Waals surface area contributed by atoms with Gasteiger partial charge in [-0.05, 0) is 49.2 Å². The van der Waals surface area contributed by atoms with E-state index in [1.807, 2.05) is 28.8 Å². The highest BCUT2D eigenvalue weighted by Crippen LogP contribution is 2.41. The first-order chi connectivity index (χ1) is 15.4. The molecule has 4 rings (SSSR count). The smallest absolute Gasteiger partial charge is 0.234 e. The molecule has 2 aromatic carbocycles. The normalized spacial score (nSPS) is 13.0. The van der Waals surface area contributed by atoms with Gasteiger partial charge in [-0.25, -0.2) is 0 Å². The van der Waals surface area contributed by atoms with Gasteiger partial charge in [0.05, 0.1) is 23.6 Å². The van der Waals surface area contributed by atoms with E-state index in [0.717, 1.165) is 24.4 Å². The third kappa shape index (κ3) is 5.23. The number of halogens is 1. The lowest BCUT2D eigenvalue weighted by Gasteiger charge is -2.12. The van der Waals surface area contributed by atoms with Crippen LogP contribution in [0.5, 0.6) is 5.75 Å². The first-order valence-electron chi connectivity index (χ1n) is 10.0. The minimum absolute atomic E-state index is 0.141. The summed E-state index contributed by atoms with van der Waals surface area (Å²) in [4.78, 5) is 24.0. The number of benzene rings is 2. The van der Waals surface area contributed by atoms with Crippen LogP contribution in [0.1, 0.15) is 31.5 Å². The van der Waals surface area contributed by atoms with Gasteiger partial charge in [0.15, 0.2) is 5.16 Å². The molecule has 0 unspecified atom stereocenters. The Labute approximate surface area is 194 Å². The SMILES string of the molecule is COc1ccc(NC(=O)CSc2nnc(C3CC3)n2-c2cccc(NC(C)=O)c2)cc1Cl. The molecule has 0 saturated heterocycles. The summed E-state index contributed by atoms with van der Waals surface area (Å²) in [7, 11) is 1.54.